The zero-order valence-corrected chi connectivity index (χ0v) is 21.0. The van der Waals surface area contributed by atoms with Crippen LogP contribution in [0.1, 0.15) is 28.3 Å². The number of hydrogen-bond acceptors (Lipinski definition) is 5. The van der Waals surface area contributed by atoms with Crippen molar-refractivity contribution in [1.29, 1.82) is 0 Å². The third kappa shape index (κ3) is 6.93. The predicted molar refractivity (Wildman–Crippen MR) is 141 cm³/mol. The summed E-state index contributed by atoms with van der Waals surface area (Å²) >= 11 is 1.56. The molecular weight excluding hydrogens is 458 g/mol. The van der Waals surface area contributed by atoms with Crippen molar-refractivity contribution >= 4 is 28.8 Å². The average molecular weight is 492 g/mol. The van der Waals surface area contributed by atoms with Crippen molar-refractivity contribution in [3.8, 4) is 0 Å². The van der Waals surface area contributed by atoms with Gasteiger partial charge in [-0.05, 0) is 35.1 Å². The molecule has 1 aliphatic rings. The summed E-state index contributed by atoms with van der Waals surface area (Å²) in [5.41, 5.74) is 3.58. The van der Waals surface area contributed by atoms with Crippen LogP contribution in [0.15, 0.2) is 72.1 Å². The van der Waals surface area contributed by atoms with Crippen molar-refractivity contribution in [2.45, 2.75) is 25.3 Å². The van der Waals surface area contributed by atoms with Crippen LogP contribution in [-0.2, 0) is 27.3 Å². The third-order valence-corrected chi connectivity index (χ3v) is 7.28. The number of carbonyl (C=O) groups is 2. The molecule has 3 aromatic rings. The molecule has 1 aliphatic heterocycles. The van der Waals surface area contributed by atoms with E-state index in [2.05, 4.69) is 23.5 Å². The summed E-state index contributed by atoms with van der Waals surface area (Å²) < 4.78 is 5.22. The molecule has 4 rings (SSSR count). The molecule has 2 heterocycles. The molecule has 0 saturated carbocycles. The third-order valence-electron chi connectivity index (χ3n) is 6.41. The average Bonchev–Trinajstić information content (AvgIpc) is 3.54. The number of rotatable bonds is 12. The first kappa shape index (κ1) is 24.9. The molecule has 184 valence electrons. The summed E-state index contributed by atoms with van der Waals surface area (Å²) in [7, 11) is 1.61. The van der Waals surface area contributed by atoms with Crippen molar-refractivity contribution in [3.05, 3.63) is 88.1 Å². The highest BCUT2D eigenvalue weighted by Crippen LogP contribution is 2.33. The van der Waals surface area contributed by atoms with E-state index in [1.807, 2.05) is 58.8 Å². The van der Waals surface area contributed by atoms with Gasteiger partial charge in [0, 0.05) is 49.8 Å². The second-order valence-electron chi connectivity index (χ2n) is 8.82. The van der Waals surface area contributed by atoms with Gasteiger partial charge in [-0.25, -0.2) is 0 Å². The maximum Gasteiger partial charge on any atom is 0.242 e. The number of benzene rings is 2. The standard InChI is InChI=1S/C28H33N3O3S/c1-34-16-15-31(27(32)18-24-10-7-17-35-24)21-28(33)30(20-22-8-3-2-4-9-22)14-13-23-19-29-26-12-6-5-11-25(23)26/h2-12,17,23,29H,13-16,18-21H2,1H3. The Morgan fingerprint density at radius 2 is 1.77 bits per heavy atom. The SMILES string of the molecule is COCCN(CC(=O)N(CCC1CNc2ccccc21)Cc1ccccc1)C(=O)Cc1cccs1. The van der Waals surface area contributed by atoms with Gasteiger partial charge in [0.1, 0.15) is 0 Å². The number of methoxy groups -OCH3 is 1. The molecule has 2 amide bonds. The normalized spacial score (nSPS) is 14.3. The molecule has 0 radical (unpaired) electrons. The predicted octanol–water partition coefficient (Wildman–Crippen LogP) is 4.39. The monoisotopic (exact) mass is 491 g/mol. The number of para-hydroxylation sites is 1. The van der Waals surface area contributed by atoms with Crippen LogP contribution in [-0.4, -0.2) is 61.5 Å². The molecule has 1 N–H and O–H groups in total. The van der Waals surface area contributed by atoms with E-state index in [0.29, 0.717) is 38.6 Å². The Labute approximate surface area is 211 Å². The van der Waals surface area contributed by atoms with Crippen LogP contribution >= 0.6 is 11.3 Å². The second-order valence-corrected chi connectivity index (χ2v) is 9.85. The number of nitrogens with one attached hydrogen (secondary N) is 1. The molecule has 6 nitrogen and oxygen atoms in total. The van der Waals surface area contributed by atoms with Gasteiger partial charge in [-0.1, -0.05) is 54.6 Å². The maximum absolute atomic E-state index is 13.6. The fraction of sp³-hybridized carbons (Fsp3) is 0.357. The number of hydrogen-bond donors (Lipinski definition) is 1. The first-order chi connectivity index (χ1) is 17.1. The fourth-order valence-corrected chi connectivity index (χ4v) is 5.15. The van der Waals surface area contributed by atoms with Gasteiger partial charge in [0.25, 0.3) is 0 Å². The molecule has 7 heteroatoms. The number of amides is 2. The summed E-state index contributed by atoms with van der Waals surface area (Å²) in [6, 6.07) is 22.3. The summed E-state index contributed by atoms with van der Waals surface area (Å²) in [5, 5.41) is 5.44. The number of thiophene rings is 1. The van der Waals surface area contributed by atoms with Gasteiger partial charge in [-0.2, -0.15) is 0 Å². The molecule has 0 spiro atoms. The molecule has 35 heavy (non-hydrogen) atoms. The van der Waals surface area contributed by atoms with E-state index in [-0.39, 0.29) is 18.4 Å². The van der Waals surface area contributed by atoms with Crippen molar-refractivity contribution < 1.29 is 14.3 Å². The minimum atomic E-state index is -0.0496. The van der Waals surface area contributed by atoms with Crippen molar-refractivity contribution in [2.75, 3.05) is 45.2 Å². The van der Waals surface area contributed by atoms with E-state index in [1.54, 1.807) is 23.3 Å². The van der Waals surface area contributed by atoms with Crippen LogP contribution in [0, 0.1) is 0 Å². The Kier molecular flexibility index (Phi) is 8.92. The second kappa shape index (κ2) is 12.5. The van der Waals surface area contributed by atoms with Gasteiger partial charge in [0.2, 0.25) is 11.8 Å². The number of ether oxygens (including phenoxy) is 1. The smallest absolute Gasteiger partial charge is 0.242 e. The molecule has 0 aliphatic carbocycles. The summed E-state index contributed by atoms with van der Waals surface area (Å²) in [4.78, 5) is 31.1. The number of anilines is 1. The van der Waals surface area contributed by atoms with E-state index in [0.717, 1.165) is 23.4 Å². The minimum absolute atomic E-state index is 0.0382. The minimum Gasteiger partial charge on any atom is -0.384 e. The summed E-state index contributed by atoms with van der Waals surface area (Å²) in [6.45, 7) is 2.88. The molecule has 0 saturated heterocycles. The van der Waals surface area contributed by atoms with Crippen molar-refractivity contribution in [3.63, 3.8) is 0 Å². The Hall–Kier alpha value is -3.16. The van der Waals surface area contributed by atoms with Gasteiger partial charge < -0.3 is 19.9 Å². The highest BCUT2D eigenvalue weighted by atomic mass is 32.1. The van der Waals surface area contributed by atoms with Gasteiger partial charge in [-0.3, -0.25) is 9.59 Å². The van der Waals surface area contributed by atoms with E-state index < -0.39 is 0 Å². The van der Waals surface area contributed by atoms with E-state index in [4.69, 9.17) is 4.74 Å². The molecule has 0 fully saturated rings. The summed E-state index contributed by atoms with van der Waals surface area (Å²) in [6.07, 6.45) is 1.17. The Morgan fingerprint density at radius 1 is 0.971 bits per heavy atom. The zero-order chi connectivity index (χ0) is 24.5. The van der Waals surface area contributed by atoms with Crippen LogP contribution < -0.4 is 5.32 Å². The van der Waals surface area contributed by atoms with Crippen molar-refractivity contribution in [2.24, 2.45) is 0 Å². The van der Waals surface area contributed by atoms with Crippen LogP contribution in [0.25, 0.3) is 0 Å². The van der Waals surface area contributed by atoms with Gasteiger partial charge >= 0.3 is 0 Å². The van der Waals surface area contributed by atoms with Crippen LogP contribution in [0.5, 0.6) is 0 Å². The largest absolute Gasteiger partial charge is 0.384 e. The quantitative estimate of drug-likeness (QED) is 0.408. The highest BCUT2D eigenvalue weighted by Gasteiger charge is 2.25. The molecule has 1 aromatic heterocycles. The Morgan fingerprint density at radius 3 is 2.54 bits per heavy atom. The van der Waals surface area contributed by atoms with Crippen LogP contribution in [0.3, 0.4) is 0 Å². The lowest BCUT2D eigenvalue weighted by atomic mass is 9.97. The zero-order valence-electron chi connectivity index (χ0n) is 20.2. The Balaban J connectivity index is 1.45. The van der Waals surface area contributed by atoms with Crippen LogP contribution in [0.2, 0.25) is 0 Å². The van der Waals surface area contributed by atoms with Crippen molar-refractivity contribution in [1.82, 2.24) is 9.80 Å². The summed E-state index contributed by atoms with van der Waals surface area (Å²) in [5.74, 6) is 0.275. The van der Waals surface area contributed by atoms with E-state index in [1.165, 1.54) is 11.3 Å². The highest BCUT2D eigenvalue weighted by molar-refractivity contribution is 7.10. The molecule has 1 atom stereocenters. The van der Waals surface area contributed by atoms with Crippen LogP contribution in [0.4, 0.5) is 5.69 Å². The van der Waals surface area contributed by atoms with Gasteiger partial charge in [-0.15, -0.1) is 11.3 Å². The molecule has 2 aromatic carbocycles. The first-order valence-corrected chi connectivity index (χ1v) is 13.0. The van der Waals surface area contributed by atoms with E-state index >= 15 is 0 Å². The lowest BCUT2D eigenvalue weighted by Crippen LogP contribution is -2.44. The number of carbonyl (C=O) groups excluding carboxylic acids is 2. The molecule has 0 bridgehead atoms. The maximum atomic E-state index is 13.6. The lowest BCUT2D eigenvalue weighted by Gasteiger charge is -2.28. The Bertz CT molecular complexity index is 1090. The van der Waals surface area contributed by atoms with Gasteiger partial charge in [0.15, 0.2) is 0 Å². The van der Waals surface area contributed by atoms with Gasteiger partial charge in [0.05, 0.1) is 19.6 Å². The molecule has 1 unspecified atom stereocenters. The first-order valence-electron chi connectivity index (χ1n) is 12.1. The fourth-order valence-electron chi connectivity index (χ4n) is 4.45. The van der Waals surface area contributed by atoms with E-state index in [9.17, 15) is 9.59 Å². The molecular formula is C28H33N3O3S. The lowest BCUT2D eigenvalue weighted by molar-refractivity contribution is -0.141. The number of fused-ring (bicyclic) bond motifs is 1. The number of nitrogens with zero attached hydrogens (tertiary/aromatic N) is 2. The topological polar surface area (TPSA) is 61.9 Å².